The topological polar surface area (TPSA) is 84.9 Å². The summed E-state index contributed by atoms with van der Waals surface area (Å²) in [5.41, 5.74) is -2.10. The molecule has 0 saturated heterocycles. The summed E-state index contributed by atoms with van der Waals surface area (Å²) in [7, 11) is 1.08. The van der Waals surface area contributed by atoms with Gasteiger partial charge in [0.05, 0.1) is 19.6 Å². The van der Waals surface area contributed by atoms with Gasteiger partial charge in [0.2, 0.25) is 0 Å². The fourth-order valence-corrected chi connectivity index (χ4v) is 2.15. The molecule has 0 aliphatic carbocycles. The third-order valence-corrected chi connectivity index (χ3v) is 3.42. The second-order valence-corrected chi connectivity index (χ2v) is 6.68. The Bertz CT molecular complexity index is 688. The number of carbonyl (C=O) groups is 2. The highest BCUT2D eigenvalue weighted by Gasteiger charge is 2.31. The van der Waals surface area contributed by atoms with Gasteiger partial charge in [-0.25, -0.2) is 18.0 Å². The van der Waals surface area contributed by atoms with Crippen LogP contribution in [0.1, 0.15) is 44.4 Å². The number of benzene rings is 1. The highest BCUT2D eigenvalue weighted by molar-refractivity contribution is 5.73. The molecular weight excluding hydrogens is 355 g/mol. The molecule has 146 valence electrons. The van der Waals surface area contributed by atoms with Gasteiger partial charge < -0.3 is 19.9 Å². The monoisotopic (exact) mass is 377 g/mol. The standard InChI is InChI=1S/C17H22F3NO5/c1-8-13(19)9(6-10(18)14(8)20)15(23)11(7-12(22)25-5)21-16(24)26-17(2,3)4/h6,11,15,23H,7H2,1-5H3,(H,21,24)/t11-,15?/m0/s1. The SMILES string of the molecule is COC(=O)C[C@H](NC(=O)OC(C)(C)C)C(O)c1cc(F)c(F)c(C)c1F. The molecule has 0 spiro atoms. The van der Waals surface area contributed by atoms with Crippen LogP contribution in [0, 0.1) is 24.4 Å². The molecular formula is C17H22F3NO5. The largest absolute Gasteiger partial charge is 0.469 e. The highest BCUT2D eigenvalue weighted by atomic mass is 19.2. The third kappa shape index (κ3) is 5.62. The predicted octanol–water partition coefficient (Wildman–Crippen LogP) is 2.90. The second kappa shape index (κ2) is 8.39. The number of aliphatic hydroxyl groups excluding tert-OH is 1. The molecule has 1 aromatic rings. The van der Waals surface area contributed by atoms with Crippen LogP contribution >= 0.6 is 0 Å². The average Bonchev–Trinajstić information content (AvgIpc) is 2.53. The summed E-state index contributed by atoms with van der Waals surface area (Å²) < 4.78 is 50.8. The Hall–Kier alpha value is -2.29. The van der Waals surface area contributed by atoms with Crippen LogP contribution in [0.15, 0.2) is 6.07 Å². The molecule has 1 amide bonds. The molecule has 0 aliphatic rings. The predicted molar refractivity (Wildman–Crippen MR) is 85.8 cm³/mol. The molecule has 0 bridgehead atoms. The van der Waals surface area contributed by atoms with Crippen molar-refractivity contribution in [3.05, 3.63) is 34.6 Å². The zero-order valence-corrected chi connectivity index (χ0v) is 15.2. The van der Waals surface area contributed by atoms with Crippen LogP contribution in [-0.4, -0.2) is 35.9 Å². The number of aliphatic hydroxyl groups is 1. The van der Waals surface area contributed by atoms with E-state index < -0.39 is 64.8 Å². The second-order valence-electron chi connectivity index (χ2n) is 6.68. The first-order chi connectivity index (χ1) is 11.9. The molecule has 0 aliphatic heterocycles. The van der Waals surface area contributed by atoms with E-state index in [0.29, 0.717) is 6.07 Å². The average molecular weight is 377 g/mol. The van der Waals surface area contributed by atoms with Crippen LogP contribution in [0.3, 0.4) is 0 Å². The highest BCUT2D eigenvalue weighted by Crippen LogP contribution is 2.27. The Morgan fingerprint density at radius 2 is 1.81 bits per heavy atom. The first-order valence-corrected chi connectivity index (χ1v) is 7.75. The van der Waals surface area contributed by atoms with Gasteiger partial charge in [-0.1, -0.05) is 0 Å². The maximum atomic E-state index is 14.3. The van der Waals surface area contributed by atoms with Gasteiger partial charge in [-0.3, -0.25) is 4.79 Å². The normalized spacial score (nSPS) is 13.7. The summed E-state index contributed by atoms with van der Waals surface area (Å²) in [5.74, 6) is -4.75. The third-order valence-electron chi connectivity index (χ3n) is 3.42. The van der Waals surface area contributed by atoms with Gasteiger partial charge in [0.25, 0.3) is 0 Å². The molecule has 26 heavy (non-hydrogen) atoms. The Kier molecular flexibility index (Phi) is 7.02. The molecule has 0 fully saturated rings. The zero-order valence-electron chi connectivity index (χ0n) is 15.2. The summed E-state index contributed by atoms with van der Waals surface area (Å²) in [6.07, 6.45) is -3.38. The Morgan fingerprint density at radius 1 is 1.23 bits per heavy atom. The van der Waals surface area contributed by atoms with E-state index in [1.54, 1.807) is 20.8 Å². The van der Waals surface area contributed by atoms with Gasteiger partial charge in [0.1, 0.15) is 17.5 Å². The Balaban J connectivity index is 3.18. The van der Waals surface area contributed by atoms with E-state index in [1.807, 2.05) is 0 Å². The van der Waals surface area contributed by atoms with Crippen molar-refractivity contribution in [2.75, 3.05) is 7.11 Å². The van der Waals surface area contributed by atoms with Crippen molar-refractivity contribution >= 4 is 12.1 Å². The van der Waals surface area contributed by atoms with Crippen molar-refractivity contribution in [3.8, 4) is 0 Å². The molecule has 1 aromatic carbocycles. The minimum atomic E-state index is -1.85. The van der Waals surface area contributed by atoms with Gasteiger partial charge >= 0.3 is 12.1 Å². The van der Waals surface area contributed by atoms with Gasteiger partial charge in [-0.15, -0.1) is 0 Å². The van der Waals surface area contributed by atoms with Crippen LogP contribution in [0.4, 0.5) is 18.0 Å². The molecule has 1 rings (SSSR count). The van der Waals surface area contributed by atoms with Gasteiger partial charge in [0.15, 0.2) is 11.6 Å². The first-order valence-electron chi connectivity index (χ1n) is 7.75. The Labute approximate surface area is 149 Å². The van der Waals surface area contributed by atoms with Gasteiger partial charge in [-0.2, -0.15) is 0 Å². The summed E-state index contributed by atoms with van der Waals surface area (Å²) in [6.45, 7) is 5.78. The quantitative estimate of drug-likeness (QED) is 0.609. The lowest BCUT2D eigenvalue weighted by Crippen LogP contribution is -2.43. The zero-order chi connectivity index (χ0) is 20.2. The van der Waals surface area contributed by atoms with Crippen LogP contribution < -0.4 is 5.32 Å². The fraction of sp³-hybridized carbons (Fsp3) is 0.529. The lowest BCUT2D eigenvalue weighted by molar-refractivity contribution is -0.141. The molecule has 0 heterocycles. The van der Waals surface area contributed by atoms with E-state index in [-0.39, 0.29) is 0 Å². The first kappa shape index (κ1) is 21.8. The van der Waals surface area contributed by atoms with Gasteiger partial charge in [0, 0.05) is 11.1 Å². The van der Waals surface area contributed by atoms with Crippen LogP contribution in [0.25, 0.3) is 0 Å². The molecule has 2 N–H and O–H groups in total. The minimum absolute atomic E-state index is 0.476. The van der Waals surface area contributed by atoms with Crippen molar-refractivity contribution in [1.29, 1.82) is 0 Å². The van der Waals surface area contributed by atoms with E-state index in [9.17, 15) is 27.9 Å². The van der Waals surface area contributed by atoms with Crippen molar-refractivity contribution in [2.24, 2.45) is 0 Å². The fourth-order valence-electron chi connectivity index (χ4n) is 2.15. The van der Waals surface area contributed by atoms with E-state index in [1.165, 1.54) is 0 Å². The number of nitrogens with one attached hydrogen (secondary N) is 1. The number of halogens is 3. The number of ether oxygens (including phenoxy) is 2. The van der Waals surface area contributed by atoms with E-state index >= 15 is 0 Å². The number of hydrogen-bond donors (Lipinski definition) is 2. The lowest BCUT2D eigenvalue weighted by Gasteiger charge is -2.26. The molecule has 0 aromatic heterocycles. The van der Waals surface area contributed by atoms with Gasteiger partial charge in [-0.05, 0) is 33.8 Å². The van der Waals surface area contributed by atoms with Crippen molar-refractivity contribution in [1.82, 2.24) is 5.32 Å². The summed E-state index contributed by atoms with van der Waals surface area (Å²) in [5, 5.41) is 12.6. The van der Waals surface area contributed by atoms with Crippen LogP contribution in [0.5, 0.6) is 0 Å². The van der Waals surface area contributed by atoms with Crippen LogP contribution in [0.2, 0.25) is 0 Å². The number of carbonyl (C=O) groups excluding carboxylic acids is 2. The van der Waals surface area contributed by atoms with E-state index in [0.717, 1.165) is 14.0 Å². The van der Waals surface area contributed by atoms with Crippen molar-refractivity contribution in [2.45, 2.75) is 51.9 Å². The maximum absolute atomic E-state index is 14.3. The molecule has 1 unspecified atom stereocenters. The van der Waals surface area contributed by atoms with E-state index in [2.05, 4.69) is 10.1 Å². The molecule has 0 saturated carbocycles. The van der Waals surface area contributed by atoms with Crippen molar-refractivity contribution in [3.63, 3.8) is 0 Å². The maximum Gasteiger partial charge on any atom is 0.407 e. The Morgan fingerprint density at radius 3 is 2.31 bits per heavy atom. The number of hydrogen-bond acceptors (Lipinski definition) is 5. The molecule has 2 atom stereocenters. The van der Waals surface area contributed by atoms with E-state index in [4.69, 9.17) is 4.74 Å². The number of methoxy groups -OCH3 is 1. The van der Waals surface area contributed by atoms with Crippen LogP contribution in [-0.2, 0) is 14.3 Å². The summed E-state index contributed by atoms with van der Waals surface area (Å²) >= 11 is 0. The number of alkyl carbamates (subject to hydrolysis) is 1. The lowest BCUT2D eigenvalue weighted by atomic mass is 9.97. The summed E-state index contributed by atoms with van der Waals surface area (Å²) in [6, 6.07) is -0.917. The number of rotatable bonds is 5. The number of amides is 1. The molecule has 0 radical (unpaired) electrons. The number of esters is 1. The summed E-state index contributed by atoms with van der Waals surface area (Å²) in [4.78, 5) is 23.5. The molecule has 9 heteroatoms. The molecule has 6 nitrogen and oxygen atoms in total. The minimum Gasteiger partial charge on any atom is -0.469 e. The van der Waals surface area contributed by atoms with Crippen molar-refractivity contribution < 1.29 is 37.3 Å². The smallest absolute Gasteiger partial charge is 0.407 e.